The second-order valence-corrected chi connectivity index (χ2v) is 7.65. The minimum absolute atomic E-state index is 0.647. The lowest BCUT2D eigenvalue weighted by Crippen LogP contribution is -2.30. The van der Waals surface area contributed by atoms with Gasteiger partial charge in [-0.15, -0.1) is 0 Å². The third-order valence-electron chi connectivity index (χ3n) is 5.97. The van der Waals surface area contributed by atoms with Gasteiger partial charge in [0.05, 0.1) is 10.9 Å². The maximum Gasteiger partial charge on any atom is 0.220 e. The molecule has 0 aliphatic heterocycles. The minimum atomic E-state index is 0.647. The Morgan fingerprint density at radius 1 is 0.815 bits per heavy atom. The molecule has 0 N–H and O–H groups in total. The first-order valence-electron chi connectivity index (χ1n) is 10.0. The highest BCUT2D eigenvalue weighted by Crippen LogP contribution is 2.33. The molecule has 0 unspecified atom stereocenters. The van der Waals surface area contributed by atoms with E-state index in [1.54, 1.807) is 0 Å². The molecule has 1 heteroatoms. The summed E-state index contributed by atoms with van der Waals surface area (Å²) in [5.41, 5.74) is 5.40. The molecule has 0 spiro atoms. The molecule has 0 aliphatic rings. The largest absolute Gasteiger partial charge is 0.220 e. The van der Waals surface area contributed by atoms with Crippen molar-refractivity contribution >= 4 is 21.5 Å². The van der Waals surface area contributed by atoms with Crippen molar-refractivity contribution < 1.29 is 4.57 Å². The van der Waals surface area contributed by atoms with Crippen LogP contribution in [0.15, 0.2) is 66.9 Å². The van der Waals surface area contributed by atoms with E-state index in [1.165, 1.54) is 56.8 Å². The lowest BCUT2D eigenvalue weighted by molar-refractivity contribution is -0.659. The molecule has 0 radical (unpaired) electrons. The van der Waals surface area contributed by atoms with Crippen LogP contribution in [-0.4, -0.2) is 0 Å². The van der Waals surface area contributed by atoms with Crippen molar-refractivity contribution in [1.82, 2.24) is 0 Å². The molecular formula is C26H28N+. The number of pyridine rings is 1. The number of benzene rings is 3. The fraction of sp³-hybridized carbons (Fsp3) is 0.269. The van der Waals surface area contributed by atoms with Crippen molar-refractivity contribution in [3.63, 3.8) is 0 Å². The highest BCUT2D eigenvalue weighted by Gasteiger charge is 2.18. The van der Waals surface area contributed by atoms with Crippen molar-refractivity contribution in [2.75, 3.05) is 0 Å². The zero-order chi connectivity index (χ0) is 19.0. The topological polar surface area (TPSA) is 3.88 Å². The number of aryl methyl sites for hydroxylation is 2. The number of aromatic nitrogens is 1. The van der Waals surface area contributed by atoms with Gasteiger partial charge in [-0.3, -0.25) is 0 Å². The number of hydrogen-bond acceptors (Lipinski definition) is 0. The van der Waals surface area contributed by atoms with E-state index >= 15 is 0 Å². The Bertz CT molecular complexity index is 1120. The molecule has 0 atom stereocenters. The summed E-state index contributed by atoms with van der Waals surface area (Å²) in [4.78, 5) is 0. The lowest BCUT2D eigenvalue weighted by atomic mass is 9.90. The Morgan fingerprint density at radius 2 is 1.52 bits per heavy atom. The Kier molecular flexibility index (Phi) is 4.70. The van der Waals surface area contributed by atoms with E-state index in [-0.39, 0.29) is 0 Å². The van der Waals surface area contributed by atoms with E-state index in [4.69, 9.17) is 0 Å². The van der Waals surface area contributed by atoms with E-state index in [0.717, 1.165) is 0 Å². The van der Waals surface area contributed by atoms with Crippen LogP contribution in [0, 0.1) is 6.92 Å². The predicted molar refractivity (Wildman–Crippen MR) is 116 cm³/mol. The molecule has 0 aliphatic carbocycles. The van der Waals surface area contributed by atoms with Gasteiger partial charge in [-0.1, -0.05) is 56.3 Å². The van der Waals surface area contributed by atoms with Crippen molar-refractivity contribution in [3.05, 3.63) is 78.0 Å². The first-order chi connectivity index (χ1) is 13.1. The maximum absolute atomic E-state index is 2.40. The van der Waals surface area contributed by atoms with Gasteiger partial charge in [-0.25, -0.2) is 4.57 Å². The van der Waals surface area contributed by atoms with Crippen LogP contribution in [0.3, 0.4) is 0 Å². The van der Waals surface area contributed by atoms with Gasteiger partial charge in [0.1, 0.15) is 7.05 Å². The molecule has 3 aromatic carbocycles. The average molecular weight is 355 g/mol. The third-order valence-corrected chi connectivity index (χ3v) is 5.97. The fourth-order valence-electron chi connectivity index (χ4n) is 4.35. The van der Waals surface area contributed by atoms with Crippen LogP contribution < -0.4 is 4.57 Å². The Morgan fingerprint density at radius 3 is 2.22 bits per heavy atom. The summed E-state index contributed by atoms with van der Waals surface area (Å²) < 4.78 is 2.26. The zero-order valence-corrected chi connectivity index (χ0v) is 16.8. The number of fused-ring (bicyclic) bond motifs is 2. The highest BCUT2D eigenvalue weighted by atomic mass is 14.9. The second-order valence-electron chi connectivity index (χ2n) is 7.65. The molecule has 0 saturated heterocycles. The van der Waals surface area contributed by atoms with Crippen molar-refractivity contribution in [3.8, 4) is 11.3 Å². The van der Waals surface area contributed by atoms with Gasteiger partial charge in [-0.05, 0) is 65.1 Å². The van der Waals surface area contributed by atoms with E-state index in [1.807, 2.05) is 0 Å². The standard InChI is InChI=1S/C26H28N/c1-5-19(6-2)22-11-12-24-23(16-22)13-14-27(4)26(24)25-17-21-10-8-7-9-20(21)15-18(25)3/h7-17,19H,5-6H2,1-4H3/q+1. The molecule has 1 nitrogen and oxygen atoms in total. The van der Waals surface area contributed by atoms with Crippen molar-refractivity contribution in [2.45, 2.75) is 39.5 Å². The summed E-state index contributed by atoms with van der Waals surface area (Å²) in [6.45, 7) is 6.79. The lowest BCUT2D eigenvalue weighted by Gasteiger charge is -2.15. The Balaban J connectivity index is 1.96. The monoisotopic (exact) mass is 354 g/mol. The molecule has 4 aromatic rings. The Labute approximate surface area is 162 Å². The van der Waals surface area contributed by atoms with E-state index in [0.29, 0.717) is 5.92 Å². The summed E-state index contributed by atoms with van der Waals surface area (Å²) in [5, 5.41) is 5.26. The van der Waals surface area contributed by atoms with E-state index in [9.17, 15) is 0 Å². The molecule has 1 aromatic heterocycles. The fourth-order valence-corrected chi connectivity index (χ4v) is 4.35. The van der Waals surface area contributed by atoms with Crippen LogP contribution >= 0.6 is 0 Å². The highest BCUT2D eigenvalue weighted by molar-refractivity contribution is 5.97. The second kappa shape index (κ2) is 7.15. The van der Waals surface area contributed by atoms with Gasteiger partial charge in [0, 0.05) is 6.07 Å². The summed E-state index contributed by atoms with van der Waals surface area (Å²) in [5.74, 6) is 0.647. The van der Waals surface area contributed by atoms with Gasteiger partial charge in [0.15, 0.2) is 6.20 Å². The number of nitrogens with zero attached hydrogens (tertiary/aromatic N) is 1. The van der Waals surface area contributed by atoms with Crippen LogP contribution in [0.5, 0.6) is 0 Å². The van der Waals surface area contributed by atoms with Gasteiger partial charge >= 0.3 is 0 Å². The van der Waals surface area contributed by atoms with Crippen molar-refractivity contribution in [1.29, 1.82) is 0 Å². The molecule has 0 amide bonds. The quantitative estimate of drug-likeness (QED) is 0.359. The number of rotatable bonds is 4. The maximum atomic E-state index is 2.40. The normalized spacial score (nSPS) is 11.6. The summed E-state index contributed by atoms with van der Waals surface area (Å²) in [6, 6.07) is 22.6. The molecule has 0 bridgehead atoms. The third kappa shape index (κ3) is 3.12. The molecular weight excluding hydrogens is 326 g/mol. The zero-order valence-electron chi connectivity index (χ0n) is 16.8. The molecule has 0 fully saturated rings. The van der Waals surface area contributed by atoms with Crippen LogP contribution in [0.1, 0.15) is 43.7 Å². The molecule has 136 valence electrons. The van der Waals surface area contributed by atoms with Crippen LogP contribution in [0.4, 0.5) is 0 Å². The first-order valence-corrected chi connectivity index (χ1v) is 10.0. The first kappa shape index (κ1) is 17.7. The van der Waals surface area contributed by atoms with Gasteiger partial charge in [0.25, 0.3) is 0 Å². The molecule has 27 heavy (non-hydrogen) atoms. The van der Waals surface area contributed by atoms with Crippen LogP contribution in [-0.2, 0) is 7.05 Å². The van der Waals surface area contributed by atoms with E-state index in [2.05, 4.69) is 99.2 Å². The summed E-state index contributed by atoms with van der Waals surface area (Å²) in [7, 11) is 2.15. The van der Waals surface area contributed by atoms with Gasteiger partial charge in [-0.2, -0.15) is 0 Å². The minimum Gasteiger partial charge on any atom is -0.200 e. The average Bonchev–Trinajstić information content (AvgIpc) is 2.69. The van der Waals surface area contributed by atoms with Gasteiger partial charge in [0.2, 0.25) is 5.69 Å². The number of hydrogen-bond donors (Lipinski definition) is 0. The predicted octanol–water partition coefficient (Wildman–Crippen LogP) is 6.70. The summed E-state index contributed by atoms with van der Waals surface area (Å²) in [6.07, 6.45) is 4.58. The SMILES string of the molecule is CCC(CC)c1ccc2c(-c3cc4ccccc4cc3C)[n+](C)ccc2c1. The van der Waals surface area contributed by atoms with E-state index < -0.39 is 0 Å². The van der Waals surface area contributed by atoms with Crippen LogP contribution in [0.25, 0.3) is 32.8 Å². The smallest absolute Gasteiger partial charge is 0.200 e. The summed E-state index contributed by atoms with van der Waals surface area (Å²) >= 11 is 0. The Hall–Kier alpha value is -2.67. The van der Waals surface area contributed by atoms with Gasteiger partial charge < -0.3 is 0 Å². The van der Waals surface area contributed by atoms with Crippen molar-refractivity contribution in [2.24, 2.45) is 7.05 Å². The van der Waals surface area contributed by atoms with Crippen LogP contribution in [0.2, 0.25) is 0 Å². The molecule has 0 saturated carbocycles. The molecule has 1 heterocycles. The molecule has 4 rings (SSSR count).